The SMILES string of the molecule is CCc1ccsc1CN1CCC(=O)CC1C. The minimum Gasteiger partial charge on any atom is -0.300 e. The standard InChI is InChI=1S/C13H19NOS/c1-3-11-5-7-16-13(11)9-14-6-4-12(15)8-10(14)2/h5,7,10H,3-4,6,8-9H2,1-2H3. The summed E-state index contributed by atoms with van der Waals surface area (Å²) in [6.45, 7) is 6.32. The zero-order valence-corrected chi connectivity index (χ0v) is 10.8. The van der Waals surface area contributed by atoms with Crippen LogP contribution in [0, 0.1) is 0 Å². The largest absolute Gasteiger partial charge is 0.300 e. The van der Waals surface area contributed by atoms with E-state index in [0.717, 1.165) is 32.4 Å². The van der Waals surface area contributed by atoms with E-state index in [1.165, 1.54) is 10.4 Å². The van der Waals surface area contributed by atoms with Gasteiger partial charge in [-0.15, -0.1) is 11.3 Å². The summed E-state index contributed by atoms with van der Waals surface area (Å²) >= 11 is 1.84. The number of hydrogen-bond acceptors (Lipinski definition) is 3. The Morgan fingerprint density at radius 2 is 2.38 bits per heavy atom. The van der Waals surface area contributed by atoms with Crippen LogP contribution in [0.25, 0.3) is 0 Å². The van der Waals surface area contributed by atoms with Gasteiger partial charge in [0.15, 0.2) is 0 Å². The number of ketones is 1. The molecule has 1 aliphatic rings. The van der Waals surface area contributed by atoms with Crippen LogP contribution in [0.4, 0.5) is 0 Å². The van der Waals surface area contributed by atoms with Crippen LogP contribution < -0.4 is 0 Å². The molecule has 0 bridgehead atoms. The fourth-order valence-electron chi connectivity index (χ4n) is 2.29. The van der Waals surface area contributed by atoms with Crippen molar-refractivity contribution in [2.75, 3.05) is 6.54 Å². The van der Waals surface area contributed by atoms with Gasteiger partial charge in [-0.05, 0) is 30.4 Å². The molecule has 0 aromatic carbocycles. The van der Waals surface area contributed by atoms with Crippen molar-refractivity contribution in [3.63, 3.8) is 0 Å². The van der Waals surface area contributed by atoms with E-state index in [1.807, 2.05) is 11.3 Å². The van der Waals surface area contributed by atoms with Gasteiger partial charge in [0.05, 0.1) is 0 Å². The lowest BCUT2D eigenvalue weighted by Gasteiger charge is -2.32. The number of carbonyl (C=O) groups excluding carboxylic acids is 1. The molecule has 1 unspecified atom stereocenters. The van der Waals surface area contributed by atoms with Crippen LogP contribution >= 0.6 is 11.3 Å². The first kappa shape index (κ1) is 11.8. The topological polar surface area (TPSA) is 20.3 Å². The highest BCUT2D eigenvalue weighted by atomic mass is 32.1. The lowest BCUT2D eigenvalue weighted by molar-refractivity contribution is -0.123. The van der Waals surface area contributed by atoms with E-state index in [4.69, 9.17) is 0 Å². The number of piperidine rings is 1. The van der Waals surface area contributed by atoms with Crippen molar-refractivity contribution in [3.05, 3.63) is 21.9 Å². The fourth-order valence-corrected chi connectivity index (χ4v) is 3.29. The second-order valence-corrected chi connectivity index (χ2v) is 5.54. The summed E-state index contributed by atoms with van der Waals surface area (Å²) in [4.78, 5) is 15.2. The Balaban J connectivity index is 2.01. The molecular formula is C13H19NOS. The van der Waals surface area contributed by atoms with E-state index < -0.39 is 0 Å². The van der Waals surface area contributed by atoms with Crippen molar-refractivity contribution in [1.29, 1.82) is 0 Å². The van der Waals surface area contributed by atoms with Crippen LogP contribution in [-0.4, -0.2) is 23.3 Å². The highest BCUT2D eigenvalue weighted by Crippen LogP contribution is 2.23. The predicted molar refractivity (Wildman–Crippen MR) is 67.8 cm³/mol. The zero-order valence-electron chi connectivity index (χ0n) is 10.0. The van der Waals surface area contributed by atoms with Crippen molar-refractivity contribution in [2.45, 2.75) is 45.7 Å². The van der Waals surface area contributed by atoms with Gasteiger partial charge in [0, 0.05) is 36.9 Å². The van der Waals surface area contributed by atoms with Crippen molar-refractivity contribution < 1.29 is 4.79 Å². The number of carbonyl (C=O) groups is 1. The van der Waals surface area contributed by atoms with Gasteiger partial charge in [-0.3, -0.25) is 9.69 Å². The molecule has 0 radical (unpaired) electrons. The van der Waals surface area contributed by atoms with Crippen molar-refractivity contribution in [2.24, 2.45) is 0 Å². The predicted octanol–water partition coefficient (Wildman–Crippen LogP) is 2.86. The summed E-state index contributed by atoms with van der Waals surface area (Å²) < 4.78 is 0. The number of aryl methyl sites for hydroxylation is 1. The first-order chi connectivity index (χ1) is 7.70. The van der Waals surface area contributed by atoms with E-state index >= 15 is 0 Å². The summed E-state index contributed by atoms with van der Waals surface area (Å²) in [6, 6.07) is 2.63. The van der Waals surface area contributed by atoms with Gasteiger partial charge in [-0.2, -0.15) is 0 Å². The molecule has 1 aromatic rings. The number of Topliss-reactive ketones (excluding diaryl/α,β-unsaturated/α-hetero) is 1. The quantitative estimate of drug-likeness (QED) is 0.805. The number of thiophene rings is 1. The maximum absolute atomic E-state index is 11.3. The Labute approximate surface area is 101 Å². The average molecular weight is 237 g/mol. The van der Waals surface area contributed by atoms with E-state index in [2.05, 4.69) is 30.2 Å². The summed E-state index contributed by atoms with van der Waals surface area (Å²) in [5.74, 6) is 0.422. The maximum atomic E-state index is 11.3. The Morgan fingerprint density at radius 3 is 3.06 bits per heavy atom. The summed E-state index contributed by atoms with van der Waals surface area (Å²) in [6.07, 6.45) is 2.57. The molecule has 16 heavy (non-hydrogen) atoms. The maximum Gasteiger partial charge on any atom is 0.135 e. The zero-order chi connectivity index (χ0) is 11.5. The molecule has 2 heterocycles. The van der Waals surface area contributed by atoms with Crippen LogP contribution in [0.2, 0.25) is 0 Å². The van der Waals surface area contributed by atoms with Crippen molar-refractivity contribution in [1.82, 2.24) is 4.90 Å². The lowest BCUT2D eigenvalue weighted by atomic mass is 10.0. The molecule has 1 atom stereocenters. The molecule has 88 valence electrons. The van der Waals surface area contributed by atoms with Crippen LogP contribution in [0.15, 0.2) is 11.4 Å². The first-order valence-corrected chi connectivity index (χ1v) is 6.89. The van der Waals surface area contributed by atoms with Crippen LogP contribution in [0.5, 0.6) is 0 Å². The highest BCUT2D eigenvalue weighted by molar-refractivity contribution is 7.10. The van der Waals surface area contributed by atoms with Gasteiger partial charge >= 0.3 is 0 Å². The number of nitrogens with zero attached hydrogens (tertiary/aromatic N) is 1. The number of hydrogen-bond donors (Lipinski definition) is 0. The molecule has 1 aromatic heterocycles. The fraction of sp³-hybridized carbons (Fsp3) is 0.615. The van der Waals surface area contributed by atoms with Gasteiger partial charge in [0.2, 0.25) is 0 Å². The van der Waals surface area contributed by atoms with Gasteiger partial charge in [0.1, 0.15) is 5.78 Å². The van der Waals surface area contributed by atoms with Gasteiger partial charge in [-0.1, -0.05) is 6.92 Å². The average Bonchev–Trinajstić information content (AvgIpc) is 2.69. The van der Waals surface area contributed by atoms with Crippen molar-refractivity contribution >= 4 is 17.1 Å². The third-order valence-corrected chi connectivity index (χ3v) is 4.34. The molecule has 1 saturated heterocycles. The number of rotatable bonds is 3. The Bertz CT molecular complexity index is 372. The molecule has 0 saturated carbocycles. The van der Waals surface area contributed by atoms with E-state index in [-0.39, 0.29) is 0 Å². The molecule has 2 nitrogen and oxygen atoms in total. The van der Waals surface area contributed by atoms with Crippen molar-refractivity contribution in [3.8, 4) is 0 Å². The summed E-state index contributed by atoms with van der Waals surface area (Å²) in [5.41, 5.74) is 1.47. The Kier molecular flexibility index (Phi) is 3.77. The normalized spacial score (nSPS) is 22.6. The Morgan fingerprint density at radius 1 is 1.56 bits per heavy atom. The minimum absolute atomic E-state index is 0.410. The summed E-state index contributed by atoms with van der Waals surface area (Å²) in [7, 11) is 0. The number of likely N-dealkylation sites (tertiary alicyclic amines) is 1. The Hall–Kier alpha value is -0.670. The summed E-state index contributed by atoms with van der Waals surface area (Å²) in [5, 5.41) is 2.17. The van der Waals surface area contributed by atoms with E-state index in [1.54, 1.807) is 0 Å². The second kappa shape index (κ2) is 5.11. The van der Waals surface area contributed by atoms with Crippen LogP contribution in [0.1, 0.15) is 37.1 Å². The molecule has 0 N–H and O–H groups in total. The third-order valence-electron chi connectivity index (χ3n) is 3.39. The van der Waals surface area contributed by atoms with Gasteiger partial charge < -0.3 is 0 Å². The smallest absolute Gasteiger partial charge is 0.135 e. The molecule has 0 spiro atoms. The minimum atomic E-state index is 0.410. The molecule has 1 fully saturated rings. The monoisotopic (exact) mass is 237 g/mol. The molecule has 3 heteroatoms. The van der Waals surface area contributed by atoms with E-state index in [0.29, 0.717) is 11.8 Å². The molecule has 1 aliphatic heterocycles. The molecule has 0 amide bonds. The molecular weight excluding hydrogens is 218 g/mol. The third kappa shape index (κ3) is 2.53. The molecule has 2 rings (SSSR count). The lowest BCUT2D eigenvalue weighted by Crippen LogP contribution is -2.40. The van der Waals surface area contributed by atoms with Gasteiger partial charge in [0.25, 0.3) is 0 Å². The van der Waals surface area contributed by atoms with Crippen LogP contribution in [0.3, 0.4) is 0 Å². The first-order valence-electron chi connectivity index (χ1n) is 6.01. The van der Waals surface area contributed by atoms with Crippen LogP contribution in [-0.2, 0) is 17.8 Å². The van der Waals surface area contributed by atoms with E-state index in [9.17, 15) is 4.79 Å². The highest BCUT2D eigenvalue weighted by Gasteiger charge is 2.23. The van der Waals surface area contributed by atoms with Gasteiger partial charge in [-0.25, -0.2) is 0 Å². The second-order valence-electron chi connectivity index (χ2n) is 4.53. The molecule has 0 aliphatic carbocycles.